The monoisotopic (exact) mass is 257 g/mol. The topological polar surface area (TPSA) is 26.0 Å². The van der Waals surface area contributed by atoms with Crippen LogP contribution < -0.4 is 0 Å². The van der Waals surface area contributed by atoms with Crippen LogP contribution in [-0.4, -0.2) is 5.16 Å². The van der Waals surface area contributed by atoms with Crippen molar-refractivity contribution in [2.75, 3.05) is 0 Å². The van der Waals surface area contributed by atoms with Crippen LogP contribution >= 0.6 is 0 Å². The second kappa shape index (κ2) is 4.65. The van der Waals surface area contributed by atoms with Crippen molar-refractivity contribution in [2.45, 2.75) is 0 Å². The maximum Gasteiger partial charge on any atom is 0.174 e. The lowest BCUT2D eigenvalue weighted by molar-refractivity contribution is 0.432. The van der Waals surface area contributed by atoms with Gasteiger partial charge in [-0.1, -0.05) is 17.3 Å². The van der Waals surface area contributed by atoms with E-state index < -0.39 is 0 Å². The van der Waals surface area contributed by atoms with Crippen molar-refractivity contribution in [3.05, 3.63) is 66.4 Å². The predicted octanol–water partition coefficient (Wildman–Crippen LogP) is 4.29. The van der Waals surface area contributed by atoms with E-state index in [2.05, 4.69) is 5.16 Å². The van der Waals surface area contributed by atoms with Gasteiger partial charge in [0, 0.05) is 11.1 Å². The van der Waals surface area contributed by atoms with Gasteiger partial charge in [0.1, 0.15) is 11.6 Å². The number of hydrogen-bond acceptors (Lipinski definition) is 2. The lowest BCUT2D eigenvalue weighted by atomic mass is 10.0. The van der Waals surface area contributed by atoms with E-state index in [1.807, 2.05) is 0 Å². The summed E-state index contributed by atoms with van der Waals surface area (Å²) in [7, 11) is 0. The summed E-state index contributed by atoms with van der Waals surface area (Å²) in [4.78, 5) is 0. The van der Waals surface area contributed by atoms with Gasteiger partial charge in [-0.2, -0.15) is 0 Å². The van der Waals surface area contributed by atoms with Gasteiger partial charge in [-0.05, 0) is 42.0 Å². The van der Waals surface area contributed by atoms with Crippen LogP contribution in [0.2, 0.25) is 0 Å². The minimum absolute atomic E-state index is 0.302. The van der Waals surface area contributed by atoms with E-state index in [9.17, 15) is 8.78 Å². The summed E-state index contributed by atoms with van der Waals surface area (Å²) in [6, 6.07) is 12.0. The Labute approximate surface area is 108 Å². The summed E-state index contributed by atoms with van der Waals surface area (Å²) in [6.07, 6.45) is 1.56. The fraction of sp³-hybridized carbons (Fsp3) is 0. The lowest BCUT2D eigenvalue weighted by Gasteiger charge is -2.01. The number of aromatic nitrogens is 1. The van der Waals surface area contributed by atoms with Crippen LogP contribution in [0.5, 0.6) is 0 Å². The molecule has 0 aliphatic heterocycles. The van der Waals surface area contributed by atoms with Gasteiger partial charge in [0.2, 0.25) is 0 Å². The maximum absolute atomic E-state index is 12.9. The standard InChI is InChI=1S/C15H9F2NO/c16-12-5-1-10(2-6-12)14-9-18-19-15(14)11-3-7-13(17)8-4-11/h1-9H. The quantitative estimate of drug-likeness (QED) is 0.684. The number of nitrogens with zero attached hydrogens (tertiary/aromatic N) is 1. The predicted molar refractivity (Wildman–Crippen MR) is 67.3 cm³/mol. The van der Waals surface area contributed by atoms with Crippen molar-refractivity contribution >= 4 is 0 Å². The molecule has 0 saturated carbocycles. The third-order valence-corrected chi connectivity index (χ3v) is 2.83. The van der Waals surface area contributed by atoms with Crippen LogP contribution in [-0.2, 0) is 0 Å². The highest BCUT2D eigenvalue weighted by atomic mass is 19.1. The van der Waals surface area contributed by atoms with Crippen molar-refractivity contribution < 1.29 is 13.3 Å². The summed E-state index contributed by atoms with van der Waals surface area (Å²) in [5, 5.41) is 3.76. The third-order valence-electron chi connectivity index (χ3n) is 2.83. The van der Waals surface area contributed by atoms with Crippen LogP contribution in [0.3, 0.4) is 0 Å². The summed E-state index contributed by atoms with van der Waals surface area (Å²) < 4.78 is 31.0. The molecule has 0 fully saturated rings. The van der Waals surface area contributed by atoms with E-state index in [-0.39, 0.29) is 11.6 Å². The molecule has 0 radical (unpaired) electrons. The van der Waals surface area contributed by atoms with Crippen LogP contribution in [0.15, 0.2) is 59.3 Å². The average molecular weight is 257 g/mol. The second-order valence-corrected chi connectivity index (χ2v) is 4.08. The van der Waals surface area contributed by atoms with Gasteiger partial charge in [-0.25, -0.2) is 8.78 Å². The molecule has 0 aliphatic carbocycles. The molecule has 0 saturated heterocycles. The number of hydrogen-bond donors (Lipinski definition) is 0. The molecule has 4 heteroatoms. The maximum atomic E-state index is 12.9. The SMILES string of the molecule is Fc1ccc(-c2cnoc2-c2ccc(F)cc2)cc1. The van der Waals surface area contributed by atoms with E-state index in [1.54, 1.807) is 30.5 Å². The molecular formula is C15H9F2NO. The molecule has 1 aromatic heterocycles. The molecule has 3 aromatic rings. The summed E-state index contributed by atoms with van der Waals surface area (Å²) >= 11 is 0. The molecule has 0 aliphatic rings. The van der Waals surface area contributed by atoms with Crippen molar-refractivity contribution in [3.8, 4) is 22.5 Å². The molecule has 0 atom stereocenters. The summed E-state index contributed by atoms with van der Waals surface area (Å²) in [5.74, 6) is -0.0817. The van der Waals surface area contributed by atoms with Crippen LogP contribution in [0.4, 0.5) is 8.78 Å². The highest BCUT2D eigenvalue weighted by Crippen LogP contribution is 2.31. The van der Waals surface area contributed by atoms with E-state index >= 15 is 0 Å². The number of rotatable bonds is 2. The van der Waals surface area contributed by atoms with Gasteiger partial charge in [0.05, 0.1) is 6.20 Å². The first-order chi connectivity index (χ1) is 9.24. The first-order valence-corrected chi connectivity index (χ1v) is 5.70. The van der Waals surface area contributed by atoms with E-state index in [1.165, 1.54) is 24.3 Å². The number of halogens is 2. The average Bonchev–Trinajstić information content (AvgIpc) is 2.90. The molecule has 0 bridgehead atoms. The van der Waals surface area contributed by atoms with Gasteiger partial charge in [-0.15, -0.1) is 0 Å². The van der Waals surface area contributed by atoms with Gasteiger partial charge in [0.15, 0.2) is 5.76 Å². The fourth-order valence-corrected chi connectivity index (χ4v) is 1.88. The molecule has 2 nitrogen and oxygen atoms in total. The number of benzene rings is 2. The Morgan fingerprint density at radius 2 is 1.26 bits per heavy atom. The smallest absolute Gasteiger partial charge is 0.174 e. The Morgan fingerprint density at radius 1 is 0.737 bits per heavy atom. The zero-order chi connectivity index (χ0) is 13.2. The van der Waals surface area contributed by atoms with Crippen LogP contribution in [0.25, 0.3) is 22.5 Å². The molecular weight excluding hydrogens is 248 g/mol. The summed E-state index contributed by atoms with van der Waals surface area (Å²) in [6.45, 7) is 0. The molecule has 0 spiro atoms. The highest BCUT2D eigenvalue weighted by molar-refractivity contribution is 5.78. The lowest BCUT2D eigenvalue weighted by Crippen LogP contribution is -1.82. The Bertz CT molecular complexity index is 627. The highest BCUT2D eigenvalue weighted by Gasteiger charge is 2.12. The Morgan fingerprint density at radius 3 is 1.84 bits per heavy atom. The first-order valence-electron chi connectivity index (χ1n) is 5.70. The minimum atomic E-state index is -0.313. The normalized spacial score (nSPS) is 10.6. The molecule has 19 heavy (non-hydrogen) atoms. The molecule has 3 rings (SSSR count). The van der Waals surface area contributed by atoms with Crippen LogP contribution in [0.1, 0.15) is 0 Å². The van der Waals surface area contributed by atoms with Crippen molar-refractivity contribution in [1.82, 2.24) is 5.16 Å². The largest absolute Gasteiger partial charge is 0.356 e. The minimum Gasteiger partial charge on any atom is -0.356 e. The van der Waals surface area contributed by atoms with Gasteiger partial charge in [-0.3, -0.25) is 0 Å². The molecule has 1 heterocycles. The third kappa shape index (κ3) is 2.25. The zero-order valence-electron chi connectivity index (χ0n) is 9.81. The van der Waals surface area contributed by atoms with Gasteiger partial charge < -0.3 is 4.52 Å². The van der Waals surface area contributed by atoms with Gasteiger partial charge >= 0.3 is 0 Å². The Hall–Kier alpha value is -2.49. The zero-order valence-corrected chi connectivity index (χ0v) is 9.81. The molecule has 0 N–H and O–H groups in total. The van der Waals surface area contributed by atoms with Crippen molar-refractivity contribution in [2.24, 2.45) is 0 Å². The van der Waals surface area contributed by atoms with E-state index in [4.69, 9.17) is 4.52 Å². The first kappa shape index (κ1) is 11.6. The molecule has 0 amide bonds. The molecule has 94 valence electrons. The Kier molecular flexibility index (Phi) is 2.83. The van der Waals surface area contributed by atoms with Gasteiger partial charge in [0.25, 0.3) is 0 Å². The fourth-order valence-electron chi connectivity index (χ4n) is 1.88. The van der Waals surface area contributed by atoms with E-state index in [0.717, 1.165) is 16.7 Å². The second-order valence-electron chi connectivity index (χ2n) is 4.08. The Balaban J connectivity index is 2.07. The molecule has 2 aromatic carbocycles. The summed E-state index contributed by atoms with van der Waals surface area (Å²) in [5.41, 5.74) is 2.26. The van der Waals surface area contributed by atoms with E-state index in [0.29, 0.717) is 5.76 Å². The van der Waals surface area contributed by atoms with Crippen LogP contribution in [0, 0.1) is 11.6 Å². The van der Waals surface area contributed by atoms with Crippen molar-refractivity contribution in [1.29, 1.82) is 0 Å². The molecule has 0 unspecified atom stereocenters. The van der Waals surface area contributed by atoms with Crippen molar-refractivity contribution in [3.63, 3.8) is 0 Å².